The van der Waals surface area contributed by atoms with Crippen LogP contribution in [0.5, 0.6) is 0 Å². The number of nitro benzene ring substituents is 1. The fourth-order valence-corrected chi connectivity index (χ4v) is 3.08. The van der Waals surface area contributed by atoms with Gasteiger partial charge in [-0.25, -0.2) is 4.21 Å². The first-order valence-corrected chi connectivity index (χ1v) is 6.88. The molecule has 0 aliphatic heterocycles. The molecule has 1 aliphatic rings. The van der Waals surface area contributed by atoms with Gasteiger partial charge in [0.15, 0.2) is 11.1 Å². The maximum Gasteiger partial charge on any atom is 0.274 e. The van der Waals surface area contributed by atoms with Crippen molar-refractivity contribution < 1.29 is 18.5 Å². The number of aryl methyl sites for hydroxylation is 1. The largest absolute Gasteiger partial charge is 0.305 e. The fourth-order valence-electron chi connectivity index (χ4n) is 2.08. The topological polar surface area (TPSA) is 97.5 Å². The Hall–Kier alpha value is -1.31. The SMILES string of the molecule is Cc1cc(C2(S(=O)O)CC2)c([N+](=O)[O-])cc1C(=O)Cl. The van der Waals surface area contributed by atoms with E-state index in [-0.39, 0.29) is 16.8 Å². The van der Waals surface area contributed by atoms with Gasteiger partial charge in [0.05, 0.1) is 10.5 Å². The molecule has 102 valence electrons. The van der Waals surface area contributed by atoms with Crippen LogP contribution in [0.2, 0.25) is 0 Å². The summed E-state index contributed by atoms with van der Waals surface area (Å²) in [7, 11) is 0. The molecule has 1 N–H and O–H groups in total. The molecule has 19 heavy (non-hydrogen) atoms. The first kappa shape index (κ1) is 14.1. The molecule has 0 spiro atoms. The minimum absolute atomic E-state index is 0.0386. The average Bonchev–Trinajstić information content (AvgIpc) is 3.08. The second-order valence-electron chi connectivity index (χ2n) is 4.46. The molecule has 1 aromatic carbocycles. The van der Waals surface area contributed by atoms with E-state index >= 15 is 0 Å². The van der Waals surface area contributed by atoms with Gasteiger partial charge in [0.25, 0.3) is 10.9 Å². The zero-order valence-electron chi connectivity index (χ0n) is 9.88. The van der Waals surface area contributed by atoms with Gasteiger partial charge in [0, 0.05) is 11.6 Å². The summed E-state index contributed by atoms with van der Waals surface area (Å²) in [6.45, 7) is 1.58. The van der Waals surface area contributed by atoms with Crippen molar-refractivity contribution in [1.82, 2.24) is 0 Å². The zero-order chi connectivity index (χ0) is 14.4. The van der Waals surface area contributed by atoms with E-state index in [0.29, 0.717) is 18.4 Å². The Labute approximate surface area is 116 Å². The van der Waals surface area contributed by atoms with Crippen molar-refractivity contribution in [2.45, 2.75) is 24.5 Å². The first-order chi connectivity index (χ1) is 8.79. The molecule has 1 atom stereocenters. The summed E-state index contributed by atoms with van der Waals surface area (Å²) in [6, 6.07) is 2.49. The Morgan fingerprint density at radius 3 is 2.47 bits per heavy atom. The van der Waals surface area contributed by atoms with E-state index in [0.717, 1.165) is 6.07 Å². The van der Waals surface area contributed by atoms with Crippen LogP contribution in [-0.4, -0.2) is 18.9 Å². The van der Waals surface area contributed by atoms with Gasteiger partial charge in [0.1, 0.15) is 4.75 Å². The van der Waals surface area contributed by atoms with E-state index < -0.39 is 26.0 Å². The van der Waals surface area contributed by atoms with E-state index in [9.17, 15) is 23.7 Å². The van der Waals surface area contributed by atoms with E-state index in [1.165, 1.54) is 6.07 Å². The molecule has 0 radical (unpaired) electrons. The van der Waals surface area contributed by atoms with Crippen LogP contribution >= 0.6 is 11.6 Å². The molecule has 1 aromatic rings. The van der Waals surface area contributed by atoms with Crippen LogP contribution in [0.1, 0.15) is 34.3 Å². The third-order valence-corrected chi connectivity index (χ3v) is 4.78. The van der Waals surface area contributed by atoms with Gasteiger partial charge in [-0.2, -0.15) is 0 Å². The number of rotatable bonds is 4. The molecule has 1 fully saturated rings. The van der Waals surface area contributed by atoms with Crippen molar-refractivity contribution in [3.63, 3.8) is 0 Å². The van der Waals surface area contributed by atoms with Gasteiger partial charge in [0.2, 0.25) is 0 Å². The van der Waals surface area contributed by atoms with Crippen molar-refractivity contribution in [1.29, 1.82) is 0 Å². The lowest BCUT2D eigenvalue weighted by Gasteiger charge is -2.13. The monoisotopic (exact) mass is 303 g/mol. The molecule has 8 heteroatoms. The summed E-state index contributed by atoms with van der Waals surface area (Å²) in [5.74, 6) is 0. The van der Waals surface area contributed by atoms with Gasteiger partial charge in [-0.1, -0.05) is 0 Å². The van der Waals surface area contributed by atoms with Crippen LogP contribution in [0.3, 0.4) is 0 Å². The number of halogens is 1. The highest BCUT2D eigenvalue weighted by Crippen LogP contribution is 2.53. The first-order valence-electron chi connectivity index (χ1n) is 5.40. The van der Waals surface area contributed by atoms with Crippen molar-refractivity contribution >= 4 is 33.6 Å². The Morgan fingerprint density at radius 2 is 2.11 bits per heavy atom. The number of hydrogen-bond acceptors (Lipinski definition) is 4. The highest BCUT2D eigenvalue weighted by Gasteiger charge is 2.54. The summed E-state index contributed by atoms with van der Waals surface area (Å²) < 4.78 is 19.6. The third-order valence-electron chi connectivity index (χ3n) is 3.28. The maximum absolute atomic E-state index is 11.4. The molecule has 2 rings (SSSR count). The zero-order valence-corrected chi connectivity index (χ0v) is 11.5. The molecule has 0 aromatic heterocycles. The predicted molar refractivity (Wildman–Crippen MR) is 69.7 cm³/mol. The minimum Gasteiger partial charge on any atom is -0.305 e. The molecule has 0 heterocycles. The van der Waals surface area contributed by atoms with Gasteiger partial charge >= 0.3 is 0 Å². The van der Waals surface area contributed by atoms with Crippen LogP contribution in [0.25, 0.3) is 0 Å². The van der Waals surface area contributed by atoms with E-state index in [2.05, 4.69) is 0 Å². The summed E-state index contributed by atoms with van der Waals surface area (Å²) in [5.41, 5.74) is 0.348. The summed E-state index contributed by atoms with van der Waals surface area (Å²) in [6.07, 6.45) is 0.815. The molecular formula is C11H10ClNO5S. The second-order valence-corrected chi connectivity index (χ2v) is 6.08. The maximum atomic E-state index is 11.4. The number of benzene rings is 1. The average molecular weight is 304 g/mol. The third kappa shape index (κ3) is 2.29. The molecule has 0 amide bonds. The van der Waals surface area contributed by atoms with Crippen molar-refractivity contribution in [2.24, 2.45) is 0 Å². The molecule has 0 saturated heterocycles. The highest BCUT2D eigenvalue weighted by molar-refractivity contribution is 7.80. The lowest BCUT2D eigenvalue weighted by Crippen LogP contribution is -2.16. The van der Waals surface area contributed by atoms with Crippen molar-refractivity contribution in [2.75, 3.05) is 0 Å². The number of hydrogen-bond donors (Lipinski definition) is 1. The van der Waals surface area contributed by atoms with E-state index in [4.69, 9.17) is 11.6 Å². The Balaban J connectivity index is 2.68. The molecule has 1 saturated carbocycles. The molecule has 1 unspecified atom stereocenters. The lowest BCUT2D eigenvalue weighted by molar-refractivity contribution is -0.385. The number of nitro groups is 1. The van der Waals surface area contributed by atoms with Crippen LogP contribution in [0, 0.1) is 17.0 Å². The predicted octanol–water partition coefficient (Wildman–Crippen LogP) is 2.49. The van der Waals surface area contributed by atoms with Crippen molar-refractivity contribution in [3.05, 3.63) is 38.9 Å². The fraction of sp³-hybridized carbons (Fsp3) is 0.364. The lowest BCUT2D eigenvalue weighted by atomic mass is 10.0. The summed E-state index contributed by atoms with van der Waals surface area (Å²) in [5, 5.41) is 10.3. The minimum atomic E-state index is -2.19. The molecule has 6 nitrogen and oxygen atoms in total. The highest BCUT2D eigenvalue weighted by atomic mass is 35.5. The van der Waals surface area contributed by atoms with Crippen LogP contribution in [-0.2, 0) is 15.8 Å². The van der Waals surface area contributed by atoms with Gasteiger partial charge in [-0.05, 0) is 43.0 Å². The summed E-state index contributed by atoms with van der Waals surface area (Å²) in [4.78, 5) is 21.6. The molecular weight excluding hydrogens is 294 g/mol. The number of nitrogens with zero attached hydrogens (tertiary/aromatic N) is 1. The number of carbonyl (C=O) groups is 1. The quantitative estimate of drug-likeness (QED) is 0.399. The van der Waals surface area contributed by atoms with Crippen LogP contribution in [0.4, 0.5) is 5.69 Å². The van der Waals surface area contributed by atoms with Crippen molar-refractivity contribution in [3.8, 4) is 0 Å². The normalized spacial score (nSPS) is 17.8. The second kappa shape index (κ2) is 4.66. The van der Waals surface area contributed by atoms with E-state index in [1.54, 1.807) is 6.92 Å². The standard InChI is InChI=1S/C11H10ClNO5S/c1-6-4-8(11(2-3-11)19(17)18)9(13(15)16)5-7(6)10(12)14/h4-5H,2-3H2,1H3,(H,17,18). The van der Waals surface area contributed by atoms with Gasteiger partial charge in [-0.3, -0.25) is 14.9 Å². The Bertz CT molecular complexity index is 611. The Kier molecular flexibility index (Phi) is 3.46. The van der Waals surface area contributed by atoms with Crippen LogP contribution in [0.15, 0.2) is 12.1 Å². The van der Waals surface area contributed by atoms with E-state index in [1.807, 2.05) is 0 Å². The van der Waals surface area contributed by atoms with Crippen LogP contribution < -0.4 is 0 Å². The van der Waals surface area contributed by atoms with Gasteiger partial charge in [-0.15, -0.1) is 0 Å². The smallest absolute Gasteiger partial charge is 0.274 e. The molecule has 0 bridgehead atoms. The summed E-state index contributed by atoms with van der Waals surface area (Å²) >= 11 is 3.17. The van der Waals surface area contributed by atoms with Gasteiger partial charge < -0.3 is 4.55 Å². The molecule has 1 aliphatic carbocycles. The Morgan fingerprint density at radius 1 is 1.53 bits per heavy atom. The number of carbonyl (C=O) groups excluding carboxylic acids is 1.